The van der Waals surface area contributed by atoms with E-state index in [0.29, 0.717) is 12.3 Å². The molecule has 1 atom stereocenters. The molecule has 0 saturated heterocycles. The van der Waals surface area contributed by atoms with Crippen LogP contribution in [-0.2, 0) is 0 Å². The molecule has 0 saturated carbocycles. The minimum absolute atomic E-state index is 0.139. The molecule has 0 bridgehead atoms. The summed E-state index contributed by atoms with van der Waals surface area (Å²) in [6, 6.07) is 0. The van der Waals surface area contributed by atoms with Gasteiger partial charge in [-0.05, 0) is 12.3 Å². The van der Waals surface area contributed by atoms with E-state index < -0.39 is 0 Å². The fourth-order valence-electron chi connectivity index (χ4n) is 0.457. The summed E-state index contributed by atoms with van der Waals surface area (Å²) >= 11 is 5.76. The van der Waals surface area contributed by atoms with Gasteiger partial charge in [0.2, 0.25) is 0 Å². The standard InChI is InChI=1S/C6H13ClO/c1-5(2)6(7)3-4-8/h5-6,8H,3-4H2,1-2H3. The van der Waals surface area contributed by atoms with Crippen LogP contribution in [0, 0.1) is 5.92 Å². The van der Waals surface area contributed by atoms with Crippen LogP contribution in [0.15, 0.2) is 0 Å². The van der Waals surface area contributed by atoms with E-state index >= 15 is 0 Å². The summed E-state index contributed by atoms with van der Waals surface area (Å²) in [6.07, 6.45) is 0.708. The van der Waals surface area contributed by atoms with Crippen LogP contribution in [0.3, 0.4) is 0 Å². The van der Waals surface area contributed by atoms with Crippen LogP contribution in [-0.4, -0.2) is 17.1 Å². The van der Waals surface area contributed by atoms with Gasteiger partial charge < -0.3 is 5.11 Å². The van der Waals surface area contributed by atoms with Crippen molar-refractivity contribution in [3.63, 3.8) is 0 Å². The average molecular weight is 137 g/mol. The van der Waals surface area contributed by atoms with Gasteiger partial charge in [-0.3, -0.25) is 0 Å². The van der Waals surface area contributed by atoms with Crippen LogP contribution < -0.4 is 0 Å². The largest absolute Gasteiger partial charge is 0.396 e. The minimum atomic E-state index is 0.139. The van der Waals surface area contributed by atoms with Crippen LogP contribution in [0.1, 0.15) is 20.3 Å². The lowest BCUT2D eigenvalue weighted by molar-refractivity contribution is 0.278. The second-order valence-corrected chi connectivity index (χ2v) is 2.83. The summed E-state index contributed by atoms with van der Waals surface area (Å²) in [5.74, 6) is 0.476. The van der Waals surface area contributed by atoms with Gasteiger partial charge in [-0.25, -0.2) is 0 Å². The molecule has 1 nitrogen and oxygen atoms in total. The number of hydrogen-bond donors (Lipinski definition) is 1. The Balaban J connectivity index is 3.17. The van der Waals surface area contributed by atoms with E-state index in [1.54, 1.807) is 0 Å². The molecule has 0 aliphatic carbocycles. The molecule has 0 spiro atoms. The van der Waals surface area contributed by atoms with Crippen LogP contribution >= 0.6 is 11.6 Å². The molecule has 0 amide bonds. The van der Waals surface area contributed by atoms with E-state index in [1.807, 2.05) is 13.8 Å². The molecule has 2 heteroatoms. The van der Waals surface area contributed by atoms with Crippen molar-refractivity contribution in [3.05, 3.63) is 0 Å². The fraction of sp³-hybridized carbons (Fsp3) is 1.00. The highest BCUT2D eigenvalue weighted by Crippen LogP contribution is 2.11. The van der Waals surface area contributed by atoms with E-state index in [4.69, 9.17) is 16.7 Å². The zero-order valence-corrected chi connectivity index (χ0v) is 6.15. The SMILES string of the molecule is CC(C)C(Cl)CCO. The van der Waals surface area contributed by atoms with Crippen LogP contribution in [0.5, 0.6) is 0 Å². The molecular weight excluding hydrogens is 124 g/mol. The predicted molar refractivity (Wildman–Crippen MR) is 36.2 cm³/mol. The number of rotatable bonds is 3. The molecule has 0 aromatic heterocycles. The number of halogens is 1. The monoisotopic (exact) mass is 136 g/mol. The van der Waals surface area contributed by atoms with Crippen molar-refractivity contribution < 1.29 is 5.11 Å². The lowest BCUT2D eigenvalue weighted by Crippen LogP contribution is -2.08. The van der Waals surface area contributed by atoms with Gasteiger partial charge in [0.1, 0.15) is 0 Å². The molecule has 0 heterocycles. The van der Waals surface area contributed by atoms with E-state index in [1.165, 1.54) is 0 Å². The first-order valence-electron chi connectivity index (χ1n) is 2.93. The van der Waals surface area contributed by atoms with Gasteiger partial charge in [0.15, 0.2) is 0 Å². The lowest BCUT2D eigenvalue weighted by atomic mass is 10.1. The maximum atomic E-state index is 8.40. The van der Waals surface area contributed by atoms with Gasteiger partial charge in [0.05, 0.1) is 0 Å². The van der Waals surface area contributed by atoms with E-state index in [2.05, 4.69) is 0 Å². The topological polar surface area (TPSA) is 20.2 Å². The molecule has 0 radical (unpaired) electrons. The van der Waals surface area contributed by atoms with Crippen molar-refractivity contribution in [3.8, 4) is 0 Å². The molecular formula is C6H13ClO. The Bertz CT molecular complexity index is 54.5. The highest BCUT2D eigenvalue weighted by molar-refractivity contribution is 6.20. The Morgan fingerprint density at radius 1 is 1.50 bits per heavy atom. The predicted octanol–water partition coefficient (Wildman–Crippen LogP) is 1.63. The van der Waals surface area contributed by atoms with E-state index in [9.17, 15) is 0 Å². The quantitative estimate of drug-likeness (QED) is 0.585. The highest BCUT2D eigenvalue weighted by Gasteiger charge is 2.06. The molecule has 1 N–H and O–H groups in total. The third-order valence-electron chi connectivity index (χ3n) is 1.13. The van der Waals surface area contributed by atoms with Crippen LogP contribution in [0.2, 0.25) is 0 Å². The molecule has 0 aromatic carbocycles. The fourth-order valence-corrected chi connectivity index (χ4v) is 0.554. The second kappa shape index (κ2) is 4.16. The van der Waals surface area contributed by atoms with E-state index in [0.717, 1.165) is 0 Å². The van der Waals surface area contributed by atoms with E-state index in [-0.39, 0.29) is 12.0 Å². The number of aliphatic hydroxyl groups excluding tert-OH is 1. The Morgan fingerprint density at radius 2 is 2.00 bits per heavy atom. The van der Waals surface area contributed by atoms with Gasteiger partial charge in [-0.2, -0.15) is 0 Å². The maximum Gasteiger partial charge on any atom is 0.0445 e. The maximum absolute atomic E-state index is 8.40. The minimum Gasteiger partial charge on any atom is -0.396 e. The molecule has 0 fully saturated rings. The van der Waals surface area contributed by atoms with Gasteiger partial charge >= 0.3 is 0 Å². The molecule has 0 aliphatic heterocycles. The zero-order valence-electron chi connectivity index (χ0n) is 5.39. The second-order valence-electron chi connectivity index (χ2n) is 2.27. The number of alkyl halides is 1. The molecule has 0 rings (SSSR count). The van der Waals surface area contributed by atoms with Crippen LogP contribution in [0.4, 0.5) is 0 Å². The van der Waals surface area contributed by atoms with Gasteiger partial charge in [0, 0.05) is 12.0 Å². The molecule has 0 aromatic rings. The summed E-state index contributed by atoms with van der Waals surface area (Å²) in [5.41, 5.74) is 0. The van der Waals surface area contributed by atoms with Crippen molar-refractivity contribution in [2.45, 2.75) is 25.6 Å². The molecule has 0 aliphatic rings. The van der Waals surface area contributed by atoms with Gasteiger partial charge in [-0.15, -0.1) is 11.6 Å². The number of hydrogen-bond acceptors (Lipinski definition) is 1. The Kier molecular flexibility index (Phi) is 4.29. The first-order chi connectivity index (χ1) is 3.68. The van der Waals surface area contributed by atoms with Gasteiger partial charge in [-0.1, -0.05) is 13.8 Å². The summed E-state index contributed by atoms with van der Waals surface area (Å²) in [4.78, 5) is 0. The third-order valence-corrected chi connectivity index (χ3v) is 1.85. The van der Waals surface area contributed by atoms with Crippen molar-refractivity contribution >= 4 is 11.6 Å². The first-order valence-corrected chi connectivity index (χ1v) is 3.37. The highest BCUT2D eigenvalue weighted by atomic mass is 35.5. The smallest absolute Gasteiger partial charge is 0.0445 e. The molecule has 8 heavy (non-hydrogen) atoms. The summed E-state index contributed by atoms with van der Waals surface area (Å²) in [6.45, 7) is 4.30. The number of aliphatic hydroxyl groups is 1. The van der Waals surface area contributed by atoms with Crippen molar-refractivity contribution in [2.24, 2.45) is 5.92 Å². The zero-order chi connectivity index (χ0) is 6.57. The van der Waals surface area contributed by atoms with Crippen LogP contribution in [0.25, 0.3) is 0 Å². The summed E-state index contributed by atoms with van der Waals surface area (Å²) in [7, 11) is 0. The molecule has 50 valence electrons. The summed E-state index contributed by atoms with van der Waals surface area (Å²) in [5, 5.41) is 8.54. The first kappa shape index (κ1) is 8.25. The van der Waals surface area contributed by atoms with Crippen molar-refractivity contribution in [1.82, 2.24) is 0 Å². The lowest BCUT2D eigenvalue weighted by Gasteiger charge is -2.09. The Morgan fingerprint density at radius 3 is 2.12 bits per heavy atom. The Hall–Kier alpha value is 0.250. The third kappa shape index (κ3) is 3.28. The average Bonchev–Trinajstić information content (AvgIpc) is 1.67. The van der Waals surface area contributed by atoms with Gasteiger partial charge in [0.25, 0.3) is 0 Å². The summed E-state index contributed by atoms with van der Waals surface area (Å²) < 4.78 is 0. The molecule has 1 unspecified atom stereocenters. The Labute approximate surface area is 55.7 Å². The normalized spacial score (nSPS) is 14.6. The van der Waals surface area contributed by atoms with Crippen molar-refractivity contribution in [1.29, 1.82) is 0 Å². The van der Waals surface area contributed by atoms with Crippen molar-refractivity contribution in [2.75, 3.05) is 6.61 Å².